The van der Waals surface area contributed by atoms with E-state index in [-0.39, 0.29) is 46.5 Å². The van der Waals surface area contributed by atoms with Crippen molar-refractivity contribution >= 4 is 28.0 Å². The summed E-state index contributed by atoms with van der Waals surface area (Å²) < 4.78 is 1.42. The molecule has 0 N–H and O–H groups in total. The molecule has 0 aromatic heterocycles. The van der Waals surface area contributed by atoms with Crippen LogP contribution in [0.25, 0.3) is 11.1 Å². The summed E-state index contributed by atoms with van der Waals surface area (Å²) in [6.45, 7) is 27.2. The largest absolute Gasteiger partial charge is 0.273 e. The van der Waals surface area contributed by atoms with Crippen LogP contribution in [0.4, 0.5) is 0 Å². The Balaban J connectivity index is 0.000000293. The second-order valence-corrected chi connectivity index (χ2v) is 18.6. The third kappa shape index (κ3) is 11.6. The van der Waals surface area contributed by atoms with Gasteiger partial charge >= 0.3 is 151 Å². The van der Waals surface area contributed by atoms with Crippen LogP contribution >= 0.6 is 24.8 Å². The van der Waals surface area contributed by atoms with Crippen molar-refractivity contribution in [2.24, 2.45) is 0 Å². The SMILES string of the molecule is CC(C)(C)c1[c-]c2c(cc1)-c1ccc(C(C)(C)C)cc1C2.CC(C)(C)c1ccc([C](=[Zr+2])c2ccc(C(C)(C)C)cc2)cc1.Cl.Cl.[C-]1=CC=CC1. The van der Waals surface area contributed by atoms with E-state index in [1.165, 1.54) is 83.1 Å². The molecule has 0 atom stereocenters. The molecule has 50 heavy (non-hydrogen) atoms. The van der Waals surface area contributed by atoms with Crippen molar-refractivity contribution in [1.29, 1.82) is 0 Å². The van der Waals surface area contributed by atoms with Crippen molar-refractivity contribution in [1.82, 2.24) is 0 Å². The molecule has 264 valence electrons. The van der Waals surface area contributed by atoms with Crippen LogP contribution in [0.3, 0.4) is 0 Å². The van der Waals surface area contributed by atoms with Gasteiger partial charge in [-0.3, -0.25) is 6.08 Å². The molecule has 0 spiro atoms. The summed E-state index contributed by atoms with van der Waals surface area (Å²) in [4.78, 5) is 0. The van der Waals surface area contributed by atoms with Crippen LogP contribution in [0.1, 0.15) is 134 Å². The average Bonchev–Trinajstić information content (AvgIpc) is 3.71. The topological polar surface area (TPSA) is 0 Å². The molecule has 0 aliphatic heterocycles. The fourth-order valence-corrected chi connectivity index (χ4v) is 6.63. The second kappa shape index (κ2) is 17.5. The number of hydrogen-bond acceptors (Lipinski definition) is 0. The minimum atomic E-state index is 0. The molecule has 2 aliphatic rings. The first-order chi connectivity index (χ1) is 22.2. The molecule has 0 heterocycles. The molecule has 0 nitrogen and oxygen atoms in total. The van der Waals surface area contributed by atoms with Gasteiger partial charge < -0.3 is 0 Å². The van der Waals surface area contributed by atoms with Gasteiger partial charge in [0.2, 0.25) is 0 Å². The van der Waals surface area contributed by atoms with E-state index in [9.17, 15) is 0 Å². The van der Waals surface area contributed by atoms with E-state index in [0.29, 0.717) is 0 Å². The van der Waals surface area contributed by atoms with Gasteiger partial charge in [0.1, 0.15) is 0 Å². The predicted molar refractivity (Wildman–Crippen MR) is 220 cm³/mol. The number of halogens is 2. The van der Waals surface area contributed by atoms with Gasteiger partial charge in [-0.2, -0.15) is 29.8 Å². The van der Waals surface area contributed by atoms with Gasteiger partial charge in [0, 0.05) is 0 Å². The predicted octanol–water partition coefficient (Wildman–Crippen LogP) is 13.2. The summed E-state index contributed by atoms with van der Waals surface area (Å²) in [7, 11) is 0. The smallest absolute Gasteiger partial charge is 0.109 e. The standard InChI is InChI=1S/C21H25.C21H26.C5H5.2ClH.Zr/c1-20(2,3)16-7-9-18-14(12-16)11-15-13-17(21(4,5)6)8-10-19(15)18;1-20(2,3)18-11-7-16(8-12-18)15-17-9-13-19(14-10-17)21(4,5)6;1-2-4-5-3-1;;;/h7-10,12H,11H2,1-6H3;7-14H,1-6H3;1-3H,4H2;2*1H;/q-1;;-1;;;+2. The van der Waals surface area contributed by atoms with Crippen LogP contribution in [0.15, 0.2) is 97.1 Å². The van der Waals surface area contributed by atoms with E-state index in [1.807, 2.05) is 12.2 Å². The Morgan fingerprint density at radius 1 is 0.560 bits per heavy atom. The fraction of sp³-hybridized carbons (Fsp3) is 0.383. The molecule has 0 saturated heterocycles. The molecular formula is C47H58Cl2Zr. The zero-order valence-electron chi connectivity index (χ0n) is 32.5. The molecule has 4 aromatic carbocycles. The Morgan fingerprint density at radius 2 is 1.02 bits per heavy atom. The van der Waals surface area contributed by atoms with Gasteiger partial charge in [-0.15, -0.1) is 42.4 Å². The van der Waals surface area contributed by atoms with Crippen molar-refractivity contribution < 1.29 is 24.2 Å². The van der Waals surface area contributed by atoms with Gasteiger partial charge in [0.15, 0.2) is 0 Å². The number of hydrogen-bond donors (Lipinski definition) is 0. The summed E-state index contributed by atoms with van der Waals surface area (Å²) >= 11 is 1.46. The summed E-state index contributed by atoms with van der Waals surface area (Å²) in [5.41, 5.74) is 14.6. The Kier molecular flexibility index (Phi) is 15.3. The van der Waals surface area contributed by atoms with Crippen LogP contribution in [-0.4, -0.2) is 3.21 Å². The zero-order chi connectivity index (χ0) is 35.5. The quantitative estimate of drug-likeness (QED) is 0.156. The molecule has 0 saturated carbocycles. The first kappa shape index (κ1) is 43.9. The molecule has 0 fully saturated rings. The molecule has 0 bridgehead atoms. The van der Waals surface area contributed by atoms with E-state index < -0.39 is 0 Å². The van der Waals surface area contributed by atoms with Gasteiger partial charge in [-0.05, 0) is 28.4 Å². The molecule has 3 heteroatoms. The number of benzene rings is 4. The van der Waals surface area contributed by atoms with Gasteiger partial charge in [0.05, 0.1) is 0 Å². The van der Waals surface area contributed by atoms with Crippen molar-refractivity contribution in [2.45, 2.75) is 118 Å². The number of fused-ring (bicyclic) bond motifs is 3. The van der Waals surface area contributed by atoms with E-state index in [4.69, 9.17) is 0 Å². The van der Waals surface area contributed by atoms with E-state index in [1.54, 1.807) is 0 Å². The Hall–Kier alpha value is -2.31. The maximum absolute atomic E-state index is 3.67. The summed E-state index contributed by atoms with van der Waals surface area (Å²) in [6.07, 6.45) is 11.0. The van der Waals surface area contributed by atoms with Crippen molar-refractivity contribution in [3.05, 3.63) is 154 Å². The third-order valence-corrected chi connectivity index (χ3v) is 10.5. The zero-order valence-corrected chi connectivity index (χ0v) is 36.6. The normalized spacial score (nSPS) is 13.1. The van der Waals surface area contributed by atoms with E-state index in [0.717, 1.165) is 12.8 Å². The minimum absolute atomic E-state index is 0. The molecule has 2 aliphatic carbocycles. The van der Waals surface area contributed by atoms with Crippen LogP contribution in [0, 0.1) is 12.1 Å². The van der Waals surface area contributed by atoms with Gasteiger partial charge in [0.25, 0.3) is 0 Å². The van der Waals surface area contributed by atoms with Crippen molar-refractivity contribution in [3.8, 4) is 11.1 Å². The van der Waals surface area contributed by atoms with E-state index in [2.05, 4.69) is 180 Å². The second-order valence-electron chi connectivity index (χ2n) is 17.3. The number of rotatable bonds is 2. The molecule has 0 amide bonds. The first-order valence-corrected chi connectivity index (χ1v) is 18.7. The monoisotopic (exact) mass is 782 g/mol. The van der Waals surface area contributed by atoms with Crippen LogP contribution in [-0.2, 0) is 52.3 Å². The van der Waals surface area contributed by atoms with E-state index >= 15 is 0 Å². The molecular weight excluding hydrogens is 727 g/mol. The van der Waals surface area contributed by atoms with Crippen LogP contribution < -0.4 is 0 Å². The minimum Gasteiger partial charge on any atom is -0.273 e. The van der Waals surface area contributed by atoms with Gasteiger partial charge in [-0.25, -0.2) is 12.2 Å². The Morgan fingerprint density at radius 3 is 1.40 bits per heavy atom. The van der Waals surface area contributed by atoms with Crippen LogP contribution in [0.2, 0.25) is 0 Å². The third-order valence-electron chi connectivity index (χ3n) is 9.13. The maximum Gasteiger partial charge on any atom is -0.109 e. The maximum atomic E-state index is 3.67. The first-order valence-electron chi connectivity index (χ1n) is 17.5. The number of allylic oxidation sites excluding steroid dienone is 4. The summed E-state index contributed by atoms with van der Waals surface area (Å²) in [5.74, 6) is 0. The fourth-order valence-electron chi connectivity index (χ4n) is 5.81. The van der Waals surface area contributed by atoms with Gasteiger partial charge in [-0.1, -0.05) is 65.3 Å². The van der Waals surface area contributed by atoms with Crippen molar-refractivity contribution in [3.63, 3.8) is 0 Å². The Labute approximate surface area is 332 Å². The van der Waals surface area contributed by atoms with Crippen molar-refractivity contribution in [2.75, 3.05) is 0 Å². The summed E-state index contributed by atoms with van der Waals surface area (Å²) in [5, 5.41) is 0. The molecule has 0 radical (unpaired) electrons. The molecule has 6 rings (SSSR count). The average molecular weight is 785 g/mol. The Bertz CT molecular complexity index is 1650. The summed E-state index contributed by atoms with van der Waals surface area (Å²) in [6, 6.07) is 33.3. The molecule has 0 unspecified atom stereocenters. The van der Waals surface area contributed by atoms with Crippen LogP contribution in [0.5, 0.6) is 0 Å². The molecule has 4 aromatic rings.